The Morgan fingerprint density at radius 2 is 2.00 bits per heavy atom. The molecule has 1 heterocycles. The third kappa shape index (κ3) is 2.96. The molecule has 0 aliphatic carbocycles. The first-order valence-corrected chi connectivity index (χ1v) is 7.65. The predicted molar refractivity (Wildman–Crippen MR) is 84.4 cm³/mol. The van der Waals surface area contributed by atoms with Gasteiger partial charge in [-0.15, -0.1) is 11.3 Å². The van der Waals surface area contributed by atoms with E-state index in [1.54, 1.807) is 48.7 Å². The summed E-state index contributed by atoms with van der Waals surface area (Å²) in [6, 6.07) is 10.3. The van der Waals surface area contributed by atoms with E-state index >= 15 is 0 Å². The lowest BCUT2D eigenvalue weighted by Gasteiger charge is -2.29. The lowest BCUT2D eigenvalue weighted by molar-refractivity contribution is -0.145. The summed E-state index contributed by atoms with van der Waals surface area (Å²) in [4.78, 5) is 24.7. The van der Waals surface area contributed by atoms with Crippen LogP contribution in [-0.4, -0.2) is 24.1 Å². The van der Waals surface area contributed by atoms with Gasteiger partial charge in [0, 0.05) is 11.4 Å². The maximum atomic E-state index is 12.4. The predicted octanol–water partition coefficient (Wildman–Crippen LogP) is 2.88. The van der Waals surface area contributed by atoms with Crippen LogP contribution >= 0.6 is 11.3 Å². The molecule has 1 aromatic heterocycles. The van der Waals surface area contributed by atoms with Crippen molar-refractivity contribution >= 4 is 23.2 Å². The van der Waals surface area contributed by atoms with Crippen molar-refractivity contribution in [3.8, 4) is 5.75 Å². The van der Waals surface area contributed by atoms with E-state index in [9.17, 15) is 14.7 Å². The molecule has 0 saturated heterocycles. The minimum atomic E-state index is -1.45. The van der Waals surface area contributed by atoms with Crippen LogP contribution in [0.25, 0.3) is 0 Å². The topological polar surface area (TPSA) is 75.6 Å². The van der Waals surface area contributed by atoms with Crippen LogP contribution in [0.1, 0.15) is 28.6 Å². The molecule has 0 radical (unpaired) electrons. The first-order valence-electron chi connectivity index (χ1n) is 6.77. The summed E-state index contributed by atoms with van der Waals surface area (Å²) in [5, 5.41) is 14.1. The van der Waals surface area contributed by atoms with E-state index in [-0.39, 0.29) is 6.42 Å². The van der Waals surface area contributed by atoms with Crippen molar-refractivity contribution in [1.82, 2.24) is 5.32 Å². The fourth-order valence-corrected chi connectivity index (χ4v) is 2.97. The Morgan fingerprint density at radius 1 is 1.32 bits per heavy atom. The van der Waals surface area contributed by atoms with Crippen LogP contribution in [-0.2, 0) is 10.3 Å². The van der Waals surface area contributed by atoms with Crippen molar-refractivity contribution in [2.24, 2.45) is 0 Å². The van der Waals surface area contributed by atoms with Gasteiger partial charge in [-0.2, -0.15) is 0 Å². The summed E-state index contributed by atoms with van der Waals surface area (Å²) in [5.74, 6) is -0.938. The van der Waals surface area contributed by atoms with Crippen LogP contribution in [0.5, 0.6) is 5.75 Å². The summed E-state index contributed by atoms with van der Waals surface area (Å²) in [6.45, 7) is 1.73. The van der Waals surface area contributed by atoms with Gasteiger partial charge in [-0.3, -0.25) is 4.79 Å². The van der Waals surface area contributed by atoms with E-state index in [2.05, 4.69) is 5.32 Å². The molecule has 5 nitrogen and oxygen atoms in total. The van der Waals surface area contributed by atoms with Crippen LogP contribution in [0, 0.1) is 0 Å². The van der Waals surface area contributed by atoms with Crippen molar-refractivity contribution in [1.29, 1.82) is 0 Å². The van der Waals surface area contributed by atoms with Crippen molar-refractivity contribution in [3.05, 3.63) is 52.2 Å². The molecule has 116 valence electrons. The number of carboxylic acids is 1. The molecule has 0 fully saturated rings. The monoisotopic (exact) mass is 319 g/mol. The molecule has 2 N–H and O–H groups in total. The number of carbonyl (C=O) groups is 2. The minimum absolute atomic E-state index is 0.237. The molecule has 1 unspecified atom stereocenters. The molecule has 1 amide bonds. The molecule has 0 saturated carbocycles. The quantitative estimate of drug-likeness (QED) is 0.858. The Labute approximate surface area is 132 Å². The van der Waals surface area contributed by atoms with Crippen LogP contribution in [0.3, 0.4) is 0 Å². The van der Waals surface area contributed by atoms with Gasteiger partial charge in [0.2, 0.25) is 0 Å². The zero-order chi connectivity index (χ0) is 16.2. The molecule has 0 aliphatic heterocycles. The van der Waals surface area contributed by atoms with Gasteiger partial charge >= 0.3 is 5.97 Å². The van der Waals surface area contributed by atoms with Gasteiger partial charge in [0.1, 0.15) is 5.75 Å². The number of amides is 1. The van der Waals surface area contributed by atoms with Crippen LogP contribution < -0.4 is 10.1 Å². The van der Waals surface area contributed by atoms with E-state index < -0.39 is 17.4 Å². The fraction of sp³-hybridized carbons (Fsp3) is 0.250. The molecule has 1 atom stereocenters. The third-order valence-corrected chi connectivity index (χ3v) is 4.43. The second-order valence-electron chi connectivity index (χ2n) is 4.73. The molecule has 2 aromatic rings. The van der Waals surface area contributed by atoms with Crippen molar-refractivity contribution in [3.63, 3.8) is 0 Å². The lowest BCUT2D eigenvalue weighted by atomic mass is 9.87. The van der Waals surface area contributed by atoms with E-state index in [1.807, 2.05) is 0 Å². The number of benzene rings is 1. The molecular formula is C16H17NO4S. The Bertz CT molecular complexity index is 668. The summed E-state index contributed by atoms with van der Waals surface area (Å²) >= 11 is 1.21. The maximum absolute atomic E-state index is 12.4. The van der Waals surface area contributed by atoms with Gasteiger partial charge in [0.25, 0.3) is 5.91 Å². The summed E-state index contributed by atoms with van der Waals surface area (Å²) in [5.41, 5.74) is -0.905. The number of hydrogen-bond donors (Lipinski definition) is 2. The number of methoxy groups -OCH3 is 1. The number of aliphatic carboxylic acids is 1. The second kappa shape index (κ2) is 6.62. The van der Waals surface area contributed by atoms with Crippen LogP contribution in [0.15, 0.2) is 41.8 Å². The van der Waals surface area contributed by atoms with Gasteiger partial charge in [-0.1, -0.05) is 37.3 Å². The number of hydrogen-bond acceptors (Lipinski definition) is 4. The van der Waals surface area contributed by atoms with Crippen LogP contribution in [0.4, 0.5) is 0 Å². The number of nitrogens with one attached hydrogen (secondary N) is 1. The third-order valence-electron chi connectivity index (χ3n) is 3.52. The highest BCUT2D eigenvalue weighted by Crippen LogP contribution is 2.28. The number of rotatable bonds is 6. The molecule has 22 heavy (non-hydrogen) atoms. The molecule has 6 heteroatoms. The number of ether oxygens (including phenoxy) is 1. The number of carboxylic acid groups (broad SMARTS) is 1. The second-order valence-corrected chi connectivity index (χ2v) is 5.65. The van der Waals surface area contributed by atoms with Gasteiger partial charge in [-0.05, 0) is 12.0 Å². The van der Waals surface area contributed by atoms with E-state index in [0.29, 0.717) is 16.2 Å². The van der Waals surface area contributed by atoms with Crippen molar-refractivity contribution in [2.75, 3.05) is 7.11 Å². The van der Waals surface area contributed by atoms with Gasteiger partial charge in [-0.25, -0.2) is 4.79 Å². The molecule has 0 spiro atoms. The SMILES string of the molecule is CCC(NC(=O)c1cc(OC)cs1)(C(=O)O)c1ccccc1. The largest absolute Gasteiger partial charge is 0.496 e. The number of thiophene rings is 1. The van der Waals surface area contributed by atoms with Gasteiger partial charge < -0.3 is 15.2 Å². The number of carbonyl (C=O) groups excluding carboxylic acids is 1. The molecular weight excluding hydrogens is 302 g/mol. The summed E-state index contributed by atoms with van der Waals surface area (Å²) in [7, 11) is 1.52. The molecule has 1 aromatic carbocycles. The molecule has 0 aliphatic rings. The Hall–Kier alpha value is -2.34. The minimum Gasteiger partial charge on any atom is -0.496 e. The standard InChI is InChI=1S/C16H17NO4S/c1-3-16(15(19)20,11-7-5-4-6-8-11)17-14(18)13-9-12(21-2)10-22-13/h4-10H,3H2,1-2H3,(H,17,18)(H,19,20). The summed E-state index contributed by atoms with van der Waals surface area (Å²) in [6.07, 6.45) is 0.237. The average Bonchev–Trinajstić information content (AvgIpc) is 3.02. The Balaban J connectivity index is 2.35. The summed E-state index contributed by atoms with van der Waals surface area (Å²) < 4.78 is 5.05. The first-order chi connectivity index (χ1) is 10.5. The average molecular weight is 319 g/mol. The van der Waals surface area contributed by atoms with Crippen LogP contribution in [0.2, 0.25) is 0 Å². The highest BCUT2D eigenvalue weighted by molar-refractivity contribution is 7.12. The molecule has 0 bridgehead atoms. The van der Waals surface area contributed by atoms with E-state index in [4.69, 9.17) is 4.74 Å². The first kappa shape index (κ1) is 16.0. The van der Waals surface area contributed by atoms with E-state index in [1.165, 1.54) is 18.4 Å². The Morgan fingerprint density at radius 3 is 2.50 bits per heavy atom. The van der Waals surface area contributed by atoms with Crippen molar-refractivity contribution < 1.29 is 19.4 Å². The Kier molecular flexibility index (Phi) is 4.82. The molecule has 2 rings (SSSR count). The zero-order valence-corrected chi connectivity index (χ0v) is 13.1. The highest BCUT2D eigenvalue weighted by Gasteiger charge is 2.40. The van der Waals surface area contributed by atoms with E-state index in [0.717, 1.165) is 0 Å². The fourth-order valence-electron chi connectivity index (χ4n) is 2.22. The van der Waals surface area contributed by atoms with Gasteiger partial charge in [0.05, 0.1) is 12.0 Å². The smallest absolute Gasteiger partial charge is 0.334 e. The zero-order valence-electron chi connectivity index (χ0n) is 12.3. The highest BCUT2D eigenvalue weighted by atomic mass is 32.1. The van der Waals surface area contributed by atoms with Gasteiger partial charge in [0.15, 0.2) is 5.54 Å². The normalized spacial score (nSPS) is 13.2. The van der Waals surface area contributed by atoms with Crippen molar-refractivity contribution in [2.45, 2.75) is 18.9 Å². The maximum Gasteiger partial charge on any atom is 0.334 e. The lowest BCUT2D eigenvalue weighted by Crippen LogP contribution is -2.51.